The molecule has 1 aromatic carbocycles. The molecule has 0 aromatic heterocycles. The first-order valence-electron chi connectivity index (χ1n) is 5.32. The van der Waals surface area contributed by atoms with Gasteiger partial charge in [-0.2, -0.15) is 0 Å². The molecule has 0 spiro atoms. The zero-order valence-corrected chi connectivity index (χ0v) is 9.63. The Bertz CT molecular complexity index is 323. The van der Waals surface area contributed by atoms with E-state index in [9.17, 15) is 4.39 Å². The van der Waals surface area contributed by atoms with Crippen molar-refractivity contribution in [2.45, 2.75) is 26.3 Å². The van der Waals surface area contributed by atoms with Crippen LogP contribution in [0.3, 0.4) is 0 Å². The lowest BCUT2D eigenvalue weighted by atomic mass is 10.1. The van der Waals surface area contributed by atoms with Crippen LogP contribution in [0.4, 0.5) is 10.1 Å². The molecule has 0 bridgehead atoms. The molecule has 2 nitrogen and oxygen atoms in total. The predicted octanol–water partition coefficient (Wildman–Crippen LogP) is 2.69. The lowest BCUT2D eigenvalue weighted by molar-refractivity contribution is 0.621. The van der Waals surface area contributed by atoms with Crippen LogP contribution in [0, 0.1) is 5.82 Å². The van der Waals surface area contributed by atoms with E-state index in [-0.39, 0.29) is 11.9 Å². The molecule has 84 valence electrons. The predicted molar refractivity (Wildman–Crippen MR) is 62.6 cm³/mol. The summed E-state index contributed by atoms with van der Waals surface area (Å²) in [5.41, 5.74) is 7.71. The molecule has 0 saturated heterocycles. The van der Waals surface area contributed by atoms with Crippen molar-refractivity contribution in [3.05, 3.63) is 29.6 Å². The third-order valence-corrected chi connectivity index (χ3v) is 2.45. The molecule has 3 heteroatoms. The number of nitrogens with zero attached hydrogens (tertiary/aromatic N) is 1. The minimum Gasteiger partial charge on any atom is -0.374 e. The first-order chi connectivity index (χ1) is 7.06. The summed E-state index contributed by atoms with van der Waals surface area (Å²) in [6.45, 7) is 4.94. The molecular weight excluding hydrogens is 191 g/mol. The van der Waals surface area contributed by atoms with Gasteiger partial charge < -0.3 is 10.6 Å². The molecule has 0 aliphatic heterocycles. The van der Waals surface area contributed by atoms with Gasteiger partial charge in [0.25, 0.3) is 0 Å². The molecule has 1 aromatic rings. The lowest BCUT2D eigenvalue weighted by Gasteiger charge is -2.23. The highest BCUT2D eigenvalue weighted by atomic mass is 19.1. The van der Waals surface area contributed by atoms with E-state index >= 15 is 0 Å². The summed E-state index contributed by atoms with van der Waals surface area (Å²) >= 11 is 0. The van der Waals surface area contributed by atoms with E-state index in [1.807, 2.05) is 14.0 Å². The fourth-order valence-corrected chi connectivity index (χ4v) is 1.69. The maximum absolute atomic E-state index is 13.1. The number of hydrogen-bond acceptors (Lipinski definition) is 2. The van der Waals surface area contributed by atoms with Gasteiger partial charge in [-0.15, -0.1) is 0 Å². The topological polar surface area (TPSA) is 29.3 Å². The highest BCUT2D eigenvalue weighted by Crippen LogP contribution is 2.25. The van der Waals surface area contributed by atoms with Crippen molar-refractivity contribution in [1.29, 1.82) is 0 Å². The molecule has 0 heterocycles. The van der Waals surface area contributed by atoms with Gasteiger partial charge in [0.1, 0.15) is 5.82 Å². The van der Waals surface area contributed by atoms with Crippen LogP contribution in [0.25, 0.3) is 0 Å². The molecule has 0 radical (unpaired) electrons. The molecule has 0 amide bonds. The van der Waals surface area contributed by atoms with Crippen LogP contribution in [0.2, 0.25) is 0 Å². The Hall–Kier alpha value is -1.09. The van der Waals surface area contributed by atoms with Gasteiger partial charge in [-0.3, -0.25) is 0 Å². The molecule has 0 aliphatic rings. The van der Waals surface area contributed by atoms with Crippen LogP contribution in [0.15, 0.2) is 18.2 Å². The molecule has 0 saturated carbocycles. The summed E-state index contributed by atoms with van der Waals surface area (Å²) < 4.78 is 13.1. The zero-order valence-electron chi connectivity index (χ0n) is 9.63. The maximum Gasteiger partial charge on any atom is 0.123 e. The fourth-order valence-electron chi connectivity index (χ4n) is 1.69. The molecule has 0 fully saturated rings. The van der Waals surface area contributed by atoms with Gasteiger partial charge >= 0.3 is 0 Å². The number of anilines is 1. The van der Waals surface area contributed by atoms with Crippen molar-refractivity contribution in [3.8, 4) is 0 Å². The Morgan fingerprint density at radius 1 is 1.47 bits per heavy atom. The SMILES string of the molecule is CCCN(C)c1ccc(F)cc1[C@@H](C)N. The highest BCUT2D eigenvalue weighted by Gasteiger charge is 2.11. The fraction of sp³-hybridized carbons (Fsp3) is 0.500. The summed E-state index contributed by atoms with van der Waals surface area (Å²) in [5, 5.41) is 0. The third kappa shape index (κ3) is 2.93. The smallest absolute Gasteiger partial charge is 0.123 e. The number of halogens is 1. The monoisotopic (exact) mass is 210 g/mol. The van der Waals surface area contributed by atoms with Crippen molar-refractivity contribution in [2.75, 3.05) is 18.5 Å². The Balaban J connectivity index is 3.05. The van der Waals surface area contributed by atoms with Gasteiger partial charge in [0, 0.05) is 25.3 Å². The van der Waals surface area contributed by atoms with Crippen LogP contribution in [-0.4, -0.2) is 13.6 Å². The maximum atomic E-state index is 13.1. The second-order valence-corrected chi connectivity index (χ2v) is 3.91. The van der Waals surface area contributed by atoms with Crippen LogP contribution in [0.5, 0.6) is 0 Å². The molecule has 0 unspecified atom stereocenters. The lowest BCUT2D eigenvalue weighted by Crippen LogP contribution is -2.21. The van der Waals surface area contributed by atoms with Crippen molar-refractivity contribution in [2.24, 2.45) is 5.73 Å². The summed E-state index contributed by atoms with van der Waals surface area (Å²) in [6, 6.07) is 4.65. The van der Waals surface area contributed by atoms with Crippen LogP contribution < -0.4 is 10.6 Å². The largest absolute Gasteiger partial charge is 0.374 e. The zero-order chi connectivity index (χ0) is 11.4. The summed E-state index contributed by atoms with van der Waals surface area (Å²) in [5.74, 6) is -0.226. The van der Waals surface area contributed by atoms with Crippen LogP contribution in [0.1, 0.15) is 31.9 Å². The molecule has 0 aliphatic carbocycles. The van der Waals surface area contributed by atoms with Gasteiger partial charge in [-0.05, 0) is 37.1 Å². The minimum atomic E-state index is -0.226. The molecule has 2 N–H and O–H groups in total. The summed E-state index contributed by atoms with van der Waals surface area (Å²) in [6.07, 6.45) is 1.06. The van der Waals surface area contributed by atoms with Gasteiger partial charge in [0.2, 0.25) is 0 Å². The van der Waals surface area contributed by atoms with Crippen molar-refractivity contribution < 1.29 is 4.39 Å². The average molecular weight is 210 g/mol. The van der Waals surface area contributed by atoms with Gasteiger partial charge in [-0.25, -0.2) is 4.39 Å². The molecule has 15 heavy (non-hydrogen) atoms. The Morgan fingerprint density at radius 2 is 2.13 bits per heavy atom. The van der Waals surface area contributed by atoms with E-state index in [0.717, 1.165) is 24.2 Å². The molecular formula is C12H19FN2. The van der Waals surface area contributed by atoms with Crippen molar-refractivity contribution >= 4 is 5.69 Å². The van der Waals surface area contributed by atoms with Crippen molar-refractivity contribution in [1.82, 2.24) is 0 Å². The third-order valence-electron chi connectivity index (χ3n) is 2.45. The quantitative estimate of drug-likeness (QED) is 0.828. The first kappa shape index (κ1) is 12.0. The Kier molecular flexibility index (Phi) is 4.09. The van der Waals surface area contributed by atoms with E-state index < -0.39 is 0 Å². The van der Waals surface area contributed by atoms with E-state index in [2.05, 4.69) is 11.8 Å². The van der Waals surface area contributed by atoms with Gasteiger partial charge in [0.05, 0.1) is 0 Å². The Labute approximate surface area is 90.9 Å². The number of benzene rings is 1. The van der Waals surface area contributed by atoms with Crippen molar-refractivity contribution in [3.63, 3.8) is 0 Å². The standard InChI is InChI=1S/C12H19FN2/c1-4-7-15(3)12-6-5-10(13)8-11(12)9(2)14/h5-6,8-9H,4,7,14H2,1-3H3/t9-/m1/s1. The van der Waals surface area contributed by atoms with E-state index in [0.29, 0.717) is 0 Å². The average Bonchev–Trinajstić information content (AvgIpc) is 2.17. The second-order valence-electron chi connectivity index (χ2n) is 3.91. The number of nitrogens with two attached hydrogens (primary N) is 1. The van der Waals surface area contributed by atoms with E-state index in [1.165, 1.54) is 12.1 Å². The normalized spacial score (nSPS) is 12.6. The van der Waals surface area contributed by atoms with Crippen LogP contribution >= 0.6 is 0 Å². The molecule has 1 atom stereocenters. The summed E-state index contributed by atoms with van der Waals surface area (Å²) in [4.78, 5) is 2.11. The van der Waals surface area contributed by atoms with Crippen LogP contribution in [-0.2, 0) is 0 Å². The van der Waals surface area contributed by atoms with Gasteiger partial charge in [-0.1, -0.05) is 6.92 Å². The van der Waals surface area contributed by atoms with Gasteiger partial charge in [0.15, 0.2) is 0 Å². The number of hydrogen-bond donors (Lipinski definition) is 1. The second kappa shape index (κ2) is 5.12. The molecule has 1 rings (SSSR count). The highest BCUT2D eigenvalue weighted by molar-refractivity contribution is 5.54. The minimum absolute atomic E-state index is 0.144. The van der Waals surface area contributed by atoms with E-state index in [1.54, 1.807) is 6.07 Å². The number of rotatable bonds is 4. The Morgan fingerprint density at radius 3 is 2.67 bits per heavy atom. The first-order valence-corrected chi connectivity index (χ1v) is 5.32. The summed E-state index contributed by atoms with van der Waals surface area (Å²) in [7, 11) is 2.00. The van der Waals surface area contributed by atoms with E-state index in [4.69, 9.17) is 5.73 Å².